The fourth-order valence-corrected chi connectivity index (χ4v) is 1.56. The number of hydrogen-bond acceptors (Lipinski definition) is 3. The van der Waals surface area contributed by atoms with Gasteiger partial charge in [0.2, 0.25) is 0 Å². The predicted molar refractivity (Wildman–Crippen MR) is 63.7 cm³/mol. The van der Waals surface area contributed by atoms with Gasteiger partial charge in [0.05, 0.1) is 11.3 Å². The fourth-order valence-electron chi connectivity index (χ4n) is 1.40. The first-order valence-electron chi connectivity index (χ1n) is 5.00. The van der Waals surface area contributed by atoms with Gasteiger partial charge in [0.25, 0.3) is 0 Å². The summed E-state index contributed by atoms with van der Waals surface area (Å²) in [5.41, 5.74) is 1.27. The van der Waals surface area contributed by atoms with E-state index in [1.54, 1.807) is 22.9 Å². The number of rotatable bonds is 3. The Morgan fingerprint density at radius 1 is 1.47 bits per heavy atom. The smallest absolute Gasteiger partial charge is 0.139 e. The Bertz CT molecular complexity index is 571. The lowest BCUT2D eigenvalue weighted by atomic mass is 10.2. The van der Waals surface area contributed by atoms with Gasteiger partial charge in [-0.15, -0.1) is 0 Å². The highest BCUT2D eigenvalue weighted by Gasteiger charge is 2.05. The number of aryl methyl sites for hydroxylation is 1. The van der Waals surface area contributed by atoms with Gasteiger partial charge in [-0.25, -0.2) is 0 Å². The largest absolute Gasteiger partial charge is 0.486 e. The normalized spacial score (nSPS) is 9.94. The maximum Gasteiger partial charge on any atom is 0.139 e. The molecule has 4 nitrogen and oxygen atoms in total. The Kier molecular flexibility index (Phi) is 3.31. The van der Waals surface area contributed by atoms with Crippen LogP contribution in [0.4, 0.5) is 0 Å². The number of halogens is 1. The summed E-state index contributed by atoms with van der Waals surface area (Å²) in [6.45, 7) is 0.315. The van der Waals surface area contributed by atoms with Gasteiger partial charge >= 0.3 is 0 Å². The van der Waals surface area contributed by atoms with E-state index >= 15 is 0 Å². The zero-order valence-corrected chi connectivity index (χ0v) is 9.98. The van der Waals surface area contributed by atoms with Gasteiger partial charge in [-0.3, -0.25) is 4.68 Å². The summed E-state index contributed by atoms with van der Waals surface area (Å²) in [4.78, 5) is 0. The van der Waals surface area contributed by atoms with Crippen molar-refractivity contribution in [2.24, 2.45) is 7.05 Å². The van der Waals surface area contributed by atoms with Crippen LogP contribution >= 0.6 is 11.6 Å². The molecule has 0 unspecified atom stereocenters. The summed E-state index contributed by atoms with van der Waals surface area (Å²) >= 11 is 5.85. The van der Waals surface area contributed by atoms with E-state index in [-0.39, 0.29) is 0 Å². The van der Waals surface area contributed by atoms with Crippen molar-refractivity contribution in [2.45, 2.75) is 6.61 Å². The number of ether oxygens (including phenoxy) is 1. The Morgan fingerprint density at radius 2 is 2.29 bits per heavy atom. The van der Waals surface area contributed by atoms with E-state index in [4.69, 9.17) is 21.6 Å². The molecule has 2 rings (SSSR count). The van der Waals surface area contributed by atoms with Crippen LogP contribution in [0.15, 0.2) is 30.5 Å². The van der Waals surface area contributed by atoms with Crippen LogP contribution < -0.4 is 4.74 Å². The number of nitriles is 1. The van der Waals surface area contributed by atoms with E-state index in [1.807, 2.05) is 19.3 Å². The summed E-state index contributed by atoms with van der Waals surface area (Å²) in [6, 6.07) is 8.84. The van der Waals surface area contributed by atoms with E-state index < -0.39 is 0 Å². The van der Waals surface area contributed by atoms with Crippen LogP contribution in [-0.2, 0) is 13.7 Å². The molecule has 0 aliphatic carbocycles. The molecule has 0 aliphatic heterocycles. The van der Waals surface area contributed by atoms with Gasteiger partial charge in [-0.05, 0) is 18.2 Å². The molecule has 2 aromatic rings. The number of benzene rings is 1. The number of aromatic nitrogens is 2. The minimum absolute atomic E-state index is 0.315. The van der Waals surface area contributed by atoms with E-state index in [9.17, 15) is 0 Å². The lowest BCUT2D eigenvalue weighted by molar-refractivity contribution is 0.299. The van der Waals surface area contributed by atoms with Crippen molar-refractivity contribution in [1.29, 1.82) is 5.26 Å². The molecular weight excluding hydrogens is 238 g/mol. The fraction of sp³-hybridized carbons (Fsp3) is 0.167. The highest BCUT2D eigenvalue weighted by Crippen LogP contribution is 2.23. The number of hydrogen-bond donors (Lipinski definition) is 0. The van der Waals surface area contributed by atoms with Crippen molar-refractivity contribution in [2.75, 3.05) is 0 Å². The second-order valence-electron chi connectivity index (χ2n) is 3.52. The highest BCUT2D eigenvalue weighted by molar-refractivity contribution is 6.30. The van der Waals surface area contributed by atoms with E-state index in [1.165, 1.54) is 0 Å². The molecule has 17 heavy (non-hydrogen) atoms. The van der Waals surface area contributed by atoms with Gasteiger partial charge in [-0.2, -0.15) is 10.4 Å². The molecule has 0 bridgehead atoms. The van der Waals surface area contributed by atoms with E-state index in [0.717, 1.165) is 5.69 Å². The molecule has 1 heterocycles. The molecule has 0 atom stereocenters. The third-order valence-electron chi connectivity index (χ3n) is 2.21. The predicted octanol–water partition coefficient (Wildman–Crippen LogP) is 2.52. The Morgan fingerprint density at radius 3 is 2.94 bits per heavy atom. The van der Waals surface area contributed by atoms with Crippen LogP contribution in [0.1, 0.15) is 11.3 Å². The molecule has 0 saturated heterocycles. The lowest BCUT2D eigenvalue weighted by Gasteiger charge is -2.06. The van der Waals surface area contributed by atoms with E-state index in [2.05, 4.69) is 11.2 Å². The van der Waals surface area contributed by atoms with Crippen LogP contribution in [0.5, 0.6) is 5.75 Å². The van der Waals surface area contributed by atoms with Gasteiger partial charge in [0, 0.05) is 24.3 Å². The van der Waals surface area contributed by atoms with Crippen molar-refractivity contribution in [3.05, 3.63) is 46.7 Å². The minimum atomic E-state index is 0.315. The zero-order chi connectivity index (χ0) is 12.3. The molecule has 0 fully saturated rings. The van der Waals surface area contributed by atoms with Crippen molar-refractivity contribution in [1.82, 2.24) is 9.78 Å². The minimum Gasteiger partial charge on any atom is -0.486 e. The average Bonchev–Trinajstić information content (AvgIpc) is 2.73. The monoisotopic (exact) mass is 247 g/mol. The third-order valence-corrected chi connectivity index (χ3v) is 2.44. The quantitative estimate of drug-likeness (QED) is 0.838. The molecule has 0 amide bonds. The second-order valence-corrected chi connectivity index (χ2v) is 3.96. The second kappa shape index (κ2) is 4.89. The maximum absolute atomic E-state index is 8.92. The zero-order valence-electron chi connectivity index (χ0n) is 9.22. The molecule has 86 valence electrons. The van der Waals surface area contributed by atoms with Crippen molar-refractivity contribution < 1.29 is 4.74 Å². The third kappa shape index (κ3) is 2.77. The van der Waals surface area contributed by atoms with Crippen LogP contribution in [0.25, 0.3) is 0 Å². The van der Waals surface area contributed by atoms with Crippen LogP contribution in [0, 0.1) is 11.3 Å². The van der Waals surface area contributed by atoms with Crippen LogP contribution in [0.2, 0.25) is 5.02 Å². The molecule has 0 N–H and O–H groups in total. The summed E-state index contributed by atoms with van der Waals surface area (Å²) in [5, 5.41) is 13.6. The topological polar surface area (TPSA) is 50.8 Å². The van der Waals surface area contributed by atoms with Crippen molar-refractivity contribution in [3.8, 4) is 11.8 Å². The highest BCUT2D eigenvalue weighted by atomic mass is 35.5. The molecule has 1 aromatic heterocycles. The lowest BCUT2D eigenvalue weighted by Crippen LogP contribution is -1.99. The van der Waals surface area contributed by atoms with Gasteiger partial charge in [-0.1, -0.05) is 11.6 Å². The first kappa shape index (κ1) is 11.5. The molecule has 1 aromatic carbocycles. The number of nitrogens with zero attached hydrogens (tertiary/aromatic N) is 3. The molecule has 5 heteroatoms. The molecular formula is C12H10ClN3O. The first-order chi connectivity index (χ1) is 8.19. The molecule has 0 radical (unpaired) electrons. The Labute approximate surface area is 104 Å². The Balaban J connectivity index is 2.13. The molecule has 0 spiro atoms. The molecule has 0 saturated carbocycles. The summed E-state index contributed by atoms with van der Waals surface area (Å²) in [5.74, 6) is 0.477. The first-order valence-corrected chi connectivity index (χ1v) is 5.38. The van der Waals surface area contributed by atoms with Gasteiger partial charge in [0.15, 0.2) is 0 Å². The summed E-state index contributed by atoms with van der Waals surface area (Å²) in [6.07, 6.45) is 1.84. The van der Waals surface area contributed by atoms with Crippen LogP contribution in [0.3, 0.4) is 0 Å². The van der Waals surface area contributed by atoms with Gasteiger partial charge in [0.1, 0.15) is 18.4 Å². The summed E-state index contributed by atoms with van der Waals surface area (Å²) in [7, 11) is 1.84. The SMILES string of the molecule is Cn1ccc(COc2cc(Cl)ccc2C#N)n1. The standard InChI is InChI=1S/C12H10ClN3O/c1-16-5-4-11(15-16)8-17-12-6-10(13)3-2-9(12)7-14/h2-6H,8H2,1H3. The van der Waals surface area contributed by atoms with Crippen molar-refractivity contribution >= 4 is 11.6 Å². The van der Waals surface area contributed by atoms with Crippen molar-refractivity contribution in [3.63, 3.8) is 0 Å². The van der Waals surface area contributed by atoms with Gasteiger partial charge < -0.3 is 4.74 Å². The van der Waals surface area contributed by atoms with Crippen LogP contribution in [-0.4, -0.2) is 9.78 Å². The Hall–Kier alpha value is -1.99. The molecule has 0 aliphatic rings. The van der Waals surface area contributed by atoms with E-state index in [0.29, 0.717) is 22.9 Å². The summed E-state index contributed by atoms with van der Waals surface area (Å²) < 4.78 is 7.22. The average molecular weight is 248 g/mol. The maximum atomic E-state index is 8.92.